The van der Waals surface area contributed by atoms with Crippen LogP contribution in [0.25, 0.3) is 11.0 Å². The number of hydrogen-bond acceptors (Lipinski definition) is 6. The topological polar surface area (TPSA) is 126 Å². The van der Waals surface area contributed by atoms with E-state index in [1.807, 2.05) is 0 Å². The number of aliphatic carboxylic acids is 1. The summed E-state index contributed by atoms with van der Waals surface area (Å²) in [4.78, 5) is 35.4. The number of halogens is 1. The van der Waals surface area contributed by atoms with Crippen LogP contribution in [0.1, 0.15) is 22.8 Å². The summed E-state index contributed by atoms with van der Waals surface area (Å²) in [7, 11) is 0. The predicted molar refractivity (Wildman–Crippen MR) is 99.4 cm³/mol. The van der Waals surface area contributed by atoms with Crippen molar-refractivity contribution in [3.63, 3.8) is 0 Å². The Hall–Kier alpha value is -3.88. The highest BCUT2D eigenvalue weighted by Crippen LogP contribution is 2.34. The molecule has 3 aromatic rings. The molecule has 150 valence electrons. The van der Waals surface area contributed by atoms with E-state index in [0.29, 0.717) is 5.56 Å². The first kappa shape index (κ1) is 19.9. The summed E-state index contributed by atoms with van der Waals surface area (Å²) in [5.41, 5.74) is -1.23. The Morgan fingerprint density at radius 2 is 1.90 bits per heavy atom. The SMILES string of the molecule is C[C@H](NC(=O)c1c(O)c2c(OCc3ccc(F)cc3)cccc2oc1=O)C(=O)O. The van der Waals surface area contributed by atoms with E-state index in [9.17, 15) is 23.9 Å². The number of rotatable bonds is 6. The Morgan fingerprint density at radius 3 is 2.55 bits per heavy atom. The van der Waals surface area contributed by atoms with Gasteiger partial charge in [-0.1, -0.05) is 18.2 Å². The van der Waals surface area contributed by atoms with E-state index in [1.54, 1.807) is 0 Å². The first-order valence-electron chi connectivity index (χ1n) is 8.47. The van der Waals surface area contributed by atoms with Crippen LogP contribution >= 0.6 is 0 Å². The van der Waals surface area contributed by atoms with Crippen molar-refractivity contribution < 1.29 is 33.3 Å². The van der Waals surface area contributed by atoms with Crippen LogP contribution in [0.3, 0.4) is 0 Å². The van der Waals surface area contributed by atoms with Crippen molar-refractivity contribution in [3.8, 4) is 11.5 Å². The first-order chi connectivity index (χ1) is 13.8. The summed E-state index contributed by atoms with van der Waals surface area (Å²) < 4.78 is 23.8. The standard InChI is InChI=1S/C20H16FNO7/c1-10(19(25)26)22-18(24)16-17(23)15-13(3-2-4-14(15)29-20(16)27)28-9-11-5-7-12(21)8-6-11/h2-8,10,23H,9H2,1H3,(H,22,24)(H,25,26)/t10-/m0/s1. The summed E-state index contributed by atoms with van der Waals surface area (Å²) in [5, 5.41) is 21.5. The lowest BCUT2D eigenvalue weighted by molar-refractivity contribution is -0.138. The van der Waals surface area contributed by atoms with Gasteiger partial charge in [-0.2, -0.15) is 0 Å². The number of carbonyl (C=O) groups is 2. The molecule has 0 aliphatic rings. The molecule has 0 saturated carbocycles. The van der Waals surface area contributed by atoms with Gasteiger partial charge in [-0.05, 0) is 36.8 Å². The molecule has 8 nitrogen and oxygen atoms in total. The third-order valence-electron chi connectivity index (χ3n) is 4.12. The van der Waals surface area contributed by atoms with Crippen LogP contribution in [-0.4, -0.2) is 28.1 Å². The number of carboxylic acids is 1. The Bertz CT molecular complexity index is 1140. The van der Waals surface area contributed by atoms with Crippen LogP contribution < -0.4 is 15.7 Å². The first-order valence-corrected chi connectivity index (χ1v) is 8.47. The maximum atomic E-state index is 13.0. The second-order valence-electron chi connectivity index (χ2n) is 6.19. The zero-order chi connectivity index (χ0) is 21.1. The van der Waals surface area contributed by atoms with Crippen LogP contribution in [0.4, 0.5) is 4.39 Å². The molecule has 0 saturated heterocycles. The number of fused-ring (bicyclic) bond motifs is 1. The minimum Gasteiger partial charge on any atom is -0.506 e. The molecule has 29 heavy (non-hydrogen) atoms. The monoisotopic (exact) mass is 401 g/mol. The number of nitrogens with one attached hydrogen (secondary N) is 1. The Morgan fingerprint density at radius 1 is 1.21 bits per heavy atom. The van der Waals surface area contributed by atoms with Gasteiger partial charge in [0.15, 0.2) is 11.3 Å². The molecule has 0 fully saturated rings. The van der Waals surface area contributed by atoms with Crippen molar-refractivity contribution >= 4 is 22.8 Å². The lowest BCUT2D eigenvalue weighted by Crippen LogP contribution is -2.40. The average Bonchev–Trinajstić information content (AvgIpc) is 2.67. The fourth-order valence-electron chi connectivity index (χ4n) is 2.59. The third kappa shape index (κ3) is 4.18. The van der Waals surface area contributed by atoms with Gasteiger partial charge < -0.3 is 24.7 Å². The maximum Gasteiger partial charge on any atom is 0.353 e. The minimum absolute atomic E-state index is 0.0214. The normalized spacial score (nSPS) is 11.8. The van der Waals surface area contributed by atoms with Gasteiger partial charge in [0.25, 0.3) is 5.91 Å². The van der Waals surface area contributed by atoms with Crippen molar-refractivity contribution in [3.05, 3.63) is 69.8 Å². The van der Waals surface area contributed by atoms with Gasteiger partial charge in [0.05, 0.1) is 0 Å². The van der Waals surface area contributed by atoms with E-state index >= 15 is 0 Å². The van der Waals surface area contributed by atoms with Gasteiger partial charge >= 0.3 is 11.6 Å². The van der Waals surface area contributed by atoms with Crippen molar-refractivity contribution in [2.24, 2.45) is 0 Å². The highest BCUT2D eigenvalue weighted by atomic mass is 19.1. The van der Waals surface area contributed by atoms with E-state index in [0.717, 1.165) is 0 Å². The second kappa shape index (κ2) is 8.01. The molecule has 1 atom stereocenters. The molecular weight excluding hydrogens is 385 g/mol. The fraction of sp³-hybridized carbons (Fsp3) is 0.150. The molecule has 0 spiro atoms. The van der Waals surface area contributed by atoms with Crippen LogP contribution in [0.2, 0.25) is 0 Å². The van der Waals surface area contributed by atoms with Gasteiger partial charge in [0, 0.05) is 0 Å². The van der Waals surface area contributed by atoms with Gasteiger partial charge in [-0.25, -0.2) is 9.18 Å². The lowest BCUT2D eigenvalue weighted by Gasteiger charge is -2.13. The van der Waals surface area contributed by atoms with Crippen molar-refractivity contribution in [1.29, 1.82) is 0 Å². The molecule has 1 heterocycles. The van der Waals surface area contributed by atoms with E-state index in [4.69, 9.17) is 14.3 Å². The summed E-state index contributed by atoms with van der Waals surface area (Å²) in [6.45, 7) is 1.23. The number of amides is 1. The summed E-state index contributed by atoms with van der Waals surface area (Å²) in [6, 6.07) is 8.71. The Kier molecular flexibility index (Phi) is 5.49. The van der Waals surface area contributed by atoms with Crippen molar-refractivity contribution in [2.45, 2.75) is 19.6 Å². The van der Waals surface area contributed by atoms with E-state index in [-0.39, 0.29) is 23.3 Å². The summed E-state index contributed by atoms with van der Waals surface area (Å²) >= 11 is 0. The molecule has 9 heteroatoms. The van der Waals surface area contributed by atoms with E-state index < -0.39 is 40.7 Å². The molecule has 0 aliphatic carbocycles. The molecule has 0 bridgehead atoms. The number of carbonyl (C=O) groups excluding carboxylic acids is 1. The van der Waals surface area contributed by atoms with Gasteiger partial charge in [-0.15, -0.1) is 0 Å². The van der Waals surface area contributed by atoms with Crippen molar-refractivity contribution in [1.82, 2.24) is 5.32 Å². The van der Waals surface area contributed by atoms with E-state index in [2.05, 4.69) is 5.32 Å². The molecular formula is C20H16FNO7. The highest BCUT2D eigenvalue weighted by Gasteiger charge is 2.25. The average molecular weight is 401 g/mol. The number of carboxylic acid groups (broad SMARTS) is 1. The van der Waals surface area contributed by atoms with Gasteiger partial charge in [-0.3, -0.25) is 9.59 Å². The highest BCUT2D eigenvalue weighted by molar-refractivity contribution is 6.04. The zero-order valence-corrected chi connectivity index (χ0v) is 15.1. The molecule has 0 aliphatic heterocycles. The number of benzene rings is 2. The predicted octanol–water partition coefficient (Wildman–Crippen LogP) is 2.42. The Labute approximate surface area is 163 Å². The third-order valence-corrected chi connectivity index (χ3v) is 4.12. The smallest absolute Gasteiger partial charge is 0.353 e. The molecule has 1 amide bonds. The zero-order valence-electron chi connectivity index (χ0n) is 15.1. The number of aromatic hydroxyl groups is 1. The van der Waals surface area contributed by atoms with Crippen molar-refractivity contribution in [2.75, 3.05) is 0 Å². The van der Waals surface area contributed by atoms with Crippen LogP contribution in [-0.2, 0) is 11.4 Å². The number of hydrogen-bond donors (Lipinski definition) is 3. The quantitative estimate of drug-likeness (QED) is 0.542. The molecule has 3 N–H and O–H groups in total. The largest absolute Gasteiger partial charge is 0.506 e. The molecule has 3 rings (SSSR count). The van der Waals surface area contributed by atoms with Gasteiger partial charge in [0.1, 0.15) is 35.2 Å². The summed E-state index contributed by atoms with van der Waals surface area (Å²) in [6.07, 6.45) is 0. The maximum absolute atomic E-state index is 13.0. The second-order valence-corrected chi connectivity index (χ2v) is 6.19. The van der Waals surface area contributed by atoms with Crippen LogP contribution in [0.15, 0.2) is 51.7 Å². The Balaban J connectivity index is 1.99. The van der Waals surface area contributed by atoms with Crippen LogP contribution in [0, 0.1) is 5.82 Å². The van der Waals surface area contributed by atoms with Gasteiger partial charge in [0.2, 0.25) is 0 Å². The van der Waals surface area contributed by atoms with Crippen LogP contribution in [0.5, 0.6) is 11.5 Å². The fourth-order valence-corrected chi connectivity index (χ4v) is 2.59. The molecule has 2 aromatic carbocycles. The lowest BCUT2D eigenvalue weighted by atomic mass is 10.1. The molecule has 1 aromatic heterocycles. The number of ether oxygens (including phenoxy) is 1. The molecule has 0 unspecified atom stereocenters. The van der Waals surface area contributed by atoms with E-state index in [1.165, 1.54) is 49.4 Å². The minimum atomic E-state index is -1.31. The molecule has 0 radical (unpaired) electrons. The summed E-state index contributed by atoms with van der Waals surface area (Å²) in [5.74, 6) is -3.38.